The predicted molar refractivity (Wildman–Crippen MR) is 105 cm³/mol. The van der Waals surface area contributed by atoms with Crippen LogP contribution in [-0.2, 0) is 6.42 Å². The summed E-state index contributed by atoms with van der Waals surface area (Å²) in [7, 11) is 1.57. The number of para-hydroxylation sites is 1. The van der Waals surface area contributed by atoms with Gasteiger partial charge in [0.1, 0.15) is 0 Å². The number of nitrogens with one attached hydrogen (secondary N) is 1. The Kier molecular flexibility index (Phi) is 6.39. The van der Waals surface area contributed by atoms with Gasteiger partial charge in [-0.15, -0.1) is 0 Å². The Hall–Kier alpha value is -2.21. The van der Waals surface area contributed by atoms with Crippen molar-refractivity contribution < 1.29 is 9.84 Å². The lowest BCUT2D eigenvalue weighted by Gasteiger charge is -2.25. The van der Waals surface area contributed by atoms with Crippen molar-refractivity contribution in [1.82, 2.24) is 15.1 Å². The van der Waals surface area contributed by atoms with E-state index in [1.807, 2.05) is 12.1 Å². The van der Waals surface area contributed by atoms with E-state index in [0.29, 0.717) is 24.8 Å². The summed E-state index contributed by atoms with van der Waals surface area (Å²) < 4.78 is 5.18. The third-order valence-electron chi connectivity index (χ3n) is 5.11. The quantitative estimate of drug-likeness (QED) is 0.462. The first-order valence-electron chi connectivity index (χ1n) is 9.50. The summed E-state index contributed by atoms with van der Waals surface area (Å²) in [5, 5.41) is 13.6. The number of likely N-dealkylation sites (tertiary alicyclic amines) is 1. The van der Waals surface area contributed by atoms with E-state index in [1.165, 1.54) is 6.42 Å². The molecule has 3 rings (SSSR count). The standard InChI is InChI=1S/C20H30N4O2/c1-3-21-20(24-14-10-17(15-24)23-12-4-5-13-23)22-11-9-16-7-6-8-18(26-2)19(16)25/h4-8,17,25H,3,9-15H2,1-2H3,(H,21,22). The molecular weight excluding hydrogens is 328 g/mol. The number of aliphatic imine (C=N–C) groups is 1. The van der Waals surface area contributed by atoms with Gasteiger partial charge in [-0.05, 0) is 31.4 Å². The third kappa shape index (κ3) is 4.30. The number of benzene rings is 1. The van der Waals surface area contributed by atoms with E-state index in [4.69, 9.17) is 9.73 Å². The average Bonchev–Trinajstić information content (AvgIpc) is 3.34. The monoisotopic (exact) mass is 358 g/mol. The first kappa shape index (κ1) is 18.6. The molecule has 0 bridgehead atoms. The molecular formula is C20H30N4O2. The average molecular weight is 358 g/mol. The minimum atomic E-state index is 0.220. The maximum Gasteiger partial charge on any atom is 0.193 e. The van der Waals surface area contributed by atoms with Crippen LogP contribution in [0.5, 0.6) is 11.5 Å². The Bertz CT molecular complexity index is 651. The van der Waals surface area contributed by atoms with Gasteiger partial charge in [-0.3, -0.25) is 9.89 Å². The summed E-state index contributed by atoms with van der Waals surface area (Å²) in [6.07, 6.45) is 6.37. The molecule has 142 valence electrons. The van der Waals surface area contributed by atoms with Crippen LogP contribution >= 0.6 is 0 Å². The normalized spacial score (nSPS) is 20.8. The van der Waals surface area contributed by atoms with Crippen LogP contribution in [-0.4, -0.2) is 73.3 Å². The van der Waals surface area contributed by atoms with Gasteiger partial charge in [0.25, 0.3) is 0 Å². The molecule has 1 aromatic carbocycles. The second-order valence-corrected chi connectivity index (χ2v) is 6.77. The molecule has 0 aromatic heterocycles. The maximum atomic E-state index is 10.2. The summed E-state index contributed by atoms with van der Waals surface area (Å²) in [5.74, 6) is 1.71. The van der Waals surface area contributed by atoms with E-state index in [2.05, 4.69) is 34.2 Å². The van der Waals surface area contributed by atoms with Crippen molar-refractivity contribution in [2.45, 2.75) is 25.8 Å². The van der Waals surface area contributed by atoms with Crippen molar-refractivity contribution in [2.75, 3.05) is 46.4 Å². The Morgan fingerprint density at radius 1 is 1.35 bits per heavy atom. The fourth-order valence-electron chi connectivity index (χ4n) is 3.67. The lowest BCUT2D eigenvalue weighted by atomic mass is 10.1. The van der Waals surface area contributed by atoms with Crippen molar-refractivity contribution in [3.05, 3.63) is 35.9 Å². The topological polar surface area (TPSA) is 60.3 Å². The first-order chi connectivity index (χ1) is 12.7. The molecule has 6 nitrogen and oxygen atoms in total. The summed E-state index contributed by atoms with van der Waals surface area (Å²) in [4.78, 5) is 9.68. The number of hydrogen-bond acceptors (Lipinski definition) is 4. The molecule has 26 heavy (non-hydrogen) atoms. The lowest BCUT2D eigenvalue weighted by Crippen LogP contribution is -2.43. The third-order valence-corrected chi connectivity index (χ3v) is 5.11. The lowest BCUT2D eigenvalue weighted by molar-refractivity contribution is 0.259. The zero-order chi connectivity index (χ0) is 18.4. The number of phenolic OH excluding ortho intramolecular Hbond substituents is 1. The molecule has 2 aliphatic rings. The zero-order valence-electron chi connectivity index (χ0n) is 15.8. The molecule has 1 saturated heterocycles. The molecule has 0 spiro atoms. The molecule has 1 fully saturated rings. The van der Waals surface area contributed by atoms with Crippen LogP contribution in [0.1, 0.15) is 18.9 Å². The fraction of sp³-hybridized carbons (Fsp3) is 0.550. The highest BCUT2D eigenvalue weighted by Crippen LogP contribution is 2.29. The van der Waals surface area contributed by atoms with Crippen LogP contribution < -0.4 is 10.1 Å². The number of nitrogens with zero attached hydrogens (tertiary/aromatic N) is 3. The summed E-state index contributed by atoms with van der Waals surface area (Å²) in [6.45, 7) is 7.80. The van der Waals surface area contributed by atoms with Crippen LogP contribution in [0, 0.1) is 0 Å². The van der Waals surface area contributed by atoms with Crippen molar-refractivity contribution >= 4 is 5.96 Å². The summed E-state index contributed by atoms with van der Waals surface area (Å²) in [6, 6.07) is 6.20. The summed E-state index contributed by atoms with van der Waals surface area (Å²) in [5.41, 5.74) is 0.867. The van der Waals surface area contributed by atoms with Crippen LogP contribution in [0.15, 0.2) is 35.3 Å². The minimum absolute atomic E-state index is 0.220. The van der Waals surface area contributed by atoms with Crippen molar-refractivity contribution in [2.24, 2.45) is 4.99 Å². The molecule has 0 aliphatic carbocycles. The Labute approximate surface area is 156 Å². The smallest absolute Gasteiger partial charge is 0.193 e. The SMILES string of the molecule is CCNC(=NCCc1cccc(OC)c1O)N1CCC(N2CC=CC2)C1. The van der Waals surface area contributed by atoms with Crippen molar-refractivity contribution in [3.63, 3.8) is 0 Å². The number of guanidine groups is 1. The molecule has 2 N–H and O–H groups in total. The van der Waals surface area contributed by atoms with Gasteiger partial charge in [-0.25, -0.2) is 0 Å². The van der Waals surface area contributed by atoms with Gasteiger partial charge < -0.3 is 20.1 Å². The number of ether oxygens (including phenoxy) is 1. The van der Waals surface area contributed by atoms with Gasteiger partial charge >= 0.3 is 0 Å². The van der Waals surface area contributed by atoms with Crippen LogP contribution in [0.4, 0.5) is 0 Å². The van der Waals surface area contributed by atoms with Gasteiger partial charge in [0.05, 0.1) is 7.11 Å². The highest BCUT2D eigenvalue weighted by Gasteiger charge is 2.29. The molecule has 0 amide bonds. The van der Waals surface area contributed by atoms with E-state index < -0.39 is 0 Å². The van der Waals surface area contributed by atoms with Crippen LogP contribution in [0.25, 0.3) is 0 Å². The molecule has 1 aromatic rings. The highest BCUT2D eigenvalue weighted by molar-refractivity contribution is 5.80. The Balaban J connectivity index is 1.59. The van der Waals surface area contributed by atoms with Crippen LogP contribution in [0.2, 0.25) is 0 Å². The van der Waals surface area contributed by atoms with Gasteiger partial charge in [0.15, 0.2) is 17.5 Å². The molecule has 6 heteroatoms. The van der Waals surface area contributed by atoms with E-state index in [9.17, 15) is 5.11 Å². The number of hydrogen-bond donors (Lipinski definition) is 2. The van der Waals surface area contributed by atoms with Gasteiger partial charge in [0.2, 0.25) is 0 Å². The van der Waals surface area contributed by atoms with E-state index >= 15 is 0 Å². The van der Waals surface area contributed by atoms with Gasteiger partial charge in [-0.2, -0.15) is 0 Å². The number of methoxy groups -OCH3 is 1. The fourth-order valence-corrected chi connectivity index (χ4v) is 3.67. The summed E-state index contributed by atoms with van der Waals surface area (Å²) >= 11 is 0. The molecule has 0 radical (unpaired) electrons. The first-order valence-corrected chi connectivity index (χ1v) is 9.50. The second kappa shape index (κ2) is 8.94. The second-order valence-electron chi connectivity index (χ2n) is 6.77. The minimum Gasteiger partial charge on any atom is -0.504 e. The predicted octanol–water partition coefficient (Wildman–Crippen LogP) is 1.85. The molecule has 0 saturated carbocycles. The van der Waals surface area contributed by atoms with Gasteiger partial charge in [0, 0.05) is 45.3 Å². The number of rotatable bonds is 6. The van der Waals surface area contributed by atoms with Crippen molar-refractivity contribution in [3.8, 4) is 11.5 Å². The van der Waals surface area contributed by atoms with Gasteiger partial charge in [-0.1, -0.05) is 24.3 Å². The molecule has 1 atom stereocenters. The van der Waals surface area contributed by atoms with E-state index in [1.54, 1.807) is 13.2 Å². The number of aromatic hydroxyl groups is 1. The van der Waals surface area contributed by atoms with E-state index in [0.717, 1.165) is 44.2 Å². The largest absolute Gasteiger partial charge is 0.504 e. The molecule has 2 heterocycles. The highest BCUT2D eigenvalue weighted by atomic mass is 16.5. The van der Waals surface area contributed by atoms with Crippen LogP contribution in [0.3, 0.4) is 0 Å². The maximum absolute atomic E-state index is 10.2. The number of phenols is 1. The Morgan fingerprint density at radius 3 is 2.88 bits per heavy atom. The van der Waals surface area contributed by atoms with Crippen molar-refractivity contribution in [1.29, 1.82) is 0 Å². The zero-order valence-corrected chi connectivity index (χ0v) is 15.8. The molecule has 2 aliphatic heterocycles. The Morgan fingerprint density at radius 2 is 2.15 bits per heavy atom. The van der Waals surface area contributed by atoms with E-state index in [-0.39, 0.29) is 5.75 Å². The molecule has 1 unspecified atom stereocenters.